The Kier molecular flexibility index (Phi) is 2.37. The van der Waals surface area contributed by atoms with Crippen LogP contribution >= 0.6 is 0 Å². The molecule has 2 nitrogen and oxygen atoms in total. The van der Waals surface area contributed by atoms with Gasteiger partial charge in [-0.3, -0.25) is 0 Å². The molecule has 12 heavy (non-hydrogen) atoms. The lowest BCUT2D eigenvalue weighted by molar-refractivity contribution is 0.104. The number of aliphatic hydroxyl groups excluding tert-OH is 2. The number of hydrogen-bond acceptors (Lipinski definition) is 2. The molecule has 2 fully saturated rings. The van der Waals surface area contributed by atoms with Gasteiger partial charge in [-0.05, 0) is 49.4 Å². The highest BCUT2D eigenvalue weighted by Crippen LogP contribution is 2.53. The molecule has 2 aliphatic rings. The molecule has 0 amide bonds. The second-order valence-corrected chi connectivity index (χ2v) is 4.36. The minimum Gasteiger partial charge on any atom is -0.396 e. The van der Waals surface area contributed by atoms with E-state index in [1.807, 2.05) is 0 Å². The van der Waals surface area contributed by atoms with E-state index in [0.717, 1.165) is 18.3 Å². The summed E-state index contributed by atoms with van der Waals surface area (Å²) in [6.45, 7) is 0.635. The highest BCUT2D eigenvalue weighted by atomic mass is 16.3. The fraction of sp³-hybridized carbons (Fsp3) is 1.00. The van der Waals surface area contributed by atoms with Crippen LogP contribution in [0.1, 0.15) is 25.7 Å². The van der Waals surface area contributed by atoms with E-state index in [4.69, 9.17) is 5.11 Å². The first-order chi connectivity index (χ1) is 5.86. The van der Waals surface area contributed by atoms with Crippen LogP contribution in [-0.4, -0.2) is 23.4 Å². The third-order valence-corrected chi connectivity index (χ3v) is 3.95. The third-order valence-electron chi connectivity index (χ3n) is 3.95. The van der Waals surface area contributed by atoms with E-state index < -0.39 is 0 Å². The van der Waals surface area contributed by atoms with Crippen LogP contribution in [0, 0.1) is 23.7 Å². The molecule has 2 saturated carbocycles. The lowest BCUT2D eigenvalue weighted by Crippen LogP contribution is -2.26. The van der Waals surface area contributed by atoms with Crippen LogP contribution in [0.25, 0.3) is 0 Å². The number of aliphatic hydroxyl groups is 2. The molecule has 0 heterocycles. The summed E-state index contributed by atoms with van der Waals surface area (Å²) >= 11 is 0. The summed E-state index contributed by atoms with van der Waals surface area (Å²) in [6, 6.07) is 0. The summed E-state index contributed by atoms with van der Waals surface area (Å²) in [4.78, 5) is 0. The van der Waals surface area contributed by atoms with Crippen molar-refractivity contribution in [2.24, 2.45) is 23.7 Å². The van der Waals surface area contributed by atoms with Gasteiger partial charge in [0.15, 0.2) is 0 Å². The average molecular weight is 170 g/mol. The maximum absolute atomic E-state index is 9.20. The van der Waals surface area contributed by atoms with Gasteiger partial charge in [0, 0.05) is 13.2 Å². The van der Waals surface area contributed by atoms with Crippen molar-refractivity contribution in [1.29, 1.82) is 0 Å². The predicted octanol–water partition coefficient (Wildman–Crippen LogP) is 1.02. The van der Waals surface area contributed by atoms with Crippen molar-refractivity contribution in [2.45, 2.75) is 25.7 Å². The zero-order valence-corrected chi connectivity index (χ0v) is 7.45. The lowest BCUT2D eigenvalue weighted by atomic mass is 9.78. The Morgan fingerprint density at radius 3 is 2.25 bits per heavy atom. The van der Waals surface area contributed by atoms with Gasteiger partial charge in [0.1, 0.15) is 0 Å². The van der Waals surface area contributed by atoms with Gasteiger partial charge in [-0.25, -0.2) is 0 Å². The summed E-state index contributed by atoms with van der Waals surface area (Å²) in [7, 11) is 0. The zero-order valence-electron chi connectivity index (χ0n) is 7.45. The van der Waals surface area contributed by atoms with Crippen LogP contribution in [0.5, 0.6) is 0 Å². The molecule has 0 saturated heterocycles. The molecule has 0 spiro atoms. The summed E-state index contributed by atoms with van der Waals surface area (Å²) in [5.41, 5.74) is 0. The summed E-state index contributed by atoms with van der Waals surface area (Å²) in [5, 5.41) is 18.1. The van der Waals surface area contributed by atoms with E-state index >= 15 is 0 Å². The van der Waals surface area contributed by atoms with Gasteiger partial charge in [-0.15, -0.1) is 0 Å². The van der Waals surface area contributed by atoms with Crippen molar-refractivity contribution in [3.63, 3.8) is 0 Å². The zero-order chi connectivity index (χ0) is 8.55. The van der Waals surface area contributed by atoms with Crippen LogP contribution in [0.2, 0.25) is 0 Å². The van der Waals surface area contributed by atoms with Crippen LogP contribution in [0.3, 0.4) is 0 Å². The Morgan fingerprint density at radius 1 is 1.00 bits per heavy atom. The number of rotatable bonds is 3. The molecule has 2 aliphatic carbocycles. The average Bonchev–Trinajstić information content (AvgIpc) is 2.64. The Hall–Kier alpha value is -0.0800. The molecule has 2 heteroatoms. The predicted molar refractivity (Wildman–Crippen MR) is 46.6 cm³/mol. The van der Waals surface area contributed by atoms with E-state index in [1.165, 1.54) is 19.3 Å². The van der Waals surface area contributed by atoms with Gasteiger partial charge in [0.2, 0.25) is 0 Å². The minimum absolute atomic E-state index is 0.296. The lowest BCUT2D eigenvalue weighted by Gasteiger charge is -2.29. The first kappa shape index (κ1) is 8.52. The van der Waals surface area contributed by atoms with E-state index in [1.54, 1.807) is 0 Å². The van der Waals surface area contributed by atoms with Gasteiger partial charge in [-0.1, -0.05) is 0 Å². The van der Waals surface area contributed by atoms with E-state index in [2.05, 4.69) is 0 Å². The quantitative estimate of drug-likeness (QED) is 0.664. The fourth-order valence-corrected chi connectivity index (χ4v) is 3.41. The highest BCUT2D eigenvalue weighted by molar-refractivity contribution is 4.95. The maximum Gasteiger partial charge on any atom is 0.0464 e. The molecule has 4 atom stereocenters. The molecule has 0 aromatic rings. The summed E-state index contributed by atoms with van der Waals surface area (Å²) < 4.78 is 0. The monoisotopic (exact) mass is 170 g/mol. The number of hydrogen-bond donors (Lipinski definition) is 2. The number of fused-ring (bicyclic) bond motifs is 2. The van der Waals surface area contributed by atoms with Gasteiger partial charge >= 0.3 is 0 Å². The Bertz CT molecular complexity index is 158. The molecular weight excluding hydrogens is 152 g/mol. The van der Waals surface area contributed by atoms with Crippen molar-refractivity contribution in [3.8, 4) is 0 Å². The van der Waals surface area contributed by atoms with Gasteiger partial charge < -0.3 is 10.2 Å². The summed E-state index contributed by atoms with van der Waals surface area (Å²) in [6.07, 6.45) is 4.88. The third kappa shape index (κ3) is 1.17. The van der Waals surface area contributed by atoms with Crippen molar-refractivity contribution in [2.75, 3.05) is 13.2 Å². The Morgan fingerprint density at radius 2 is 1.67 bits per heavy atom. The first-order valence-corrected chi connectivity index (χ1v) is 5.08. The smallest absolute Gasteiger partial charge is 0.0464 e. The normalized spacial score (nSPS) is 45.5. The molecule has 0 aromatic carbocycles. The first-order valence-electron chi connectivity index (χ1n) is 5.08. The Labute approximate surface area is 73.6 Å². The van der Waals surface area contributed by atoms with Gasteiger partial charge in [0.25, 0.3) is 0 Å². The standard InChI is InChI=1S/C10H18O2/c11-4-3-9-7-1-2-8(5-7)10(9)6-12/h7-12H,1-6H2. The minimum atomic E-state index is 0.296. The second-order valence-electron chi connectivity index (χ2n) is 4.36. The van der Waals surface area contributed by atoms with Gasteiger partial charge in [0.05, 0.1) is 0 Å². The van der Waals surface area contributed by atoms with E-state index in [0.29, 0.717) is 25.0 Å². The van der Waals surface area contributed by atoms with Crippen LogP contribution in [0.4, 0.5) is 0 Å². The second kappa shape index (κ2) is 3.35. The van der Waals surface area contributed by atoms with Crippen LogP contribution in [0.15, 0.2) is 0 Å². The molecule has 0 radical (unpaired) electrons. The van der Waals surface area contributed by atoms with E-state index in [-0.39, 0.29) is 0 Å². The SMILES string of the molecule is OCCC1C2CCC(C2)C1CO. The van der Waals surface area contributed by atoms with Crippen molar-refractivity contribution in [1.82, 2.24) is 0 Å². The molecule has 2 N–H and O–H groups in total. The van der Waals surface area contributed by atoms with Crippen molar-refractivity contribution in [3.05, 3.63) is 0 Å². The maximum atomic E-state index is 9.20. The van der Waals surface area contributed by atoms with Crippen molar-refractivity contribution >= 4 is 0 Å². The van der Waals surface area contributed by atoms with E-state index in [9.17, 15) is 5.11 Å². The highest BCUT2D eigenvalue weighted by Gasteiger charge is 2.46. The molecule has 0 aliphatic heterocycles. The molecular formula is C10H18O2. The van der Waals surface area contributed by atoms with Crippen LogP contribution < -0.4 is 0 Å². The molecule has 2 bridgehead atoms. The molecule has 0 aromatic heterocycles. The molecule has 70 valence electrons. The van der Waals surface area contributed by atoms with Crippen LogP contribution in [-0.2, 0) is 0 Å². The van der Waals surface area contributed by atoms with Crippen molar-refractivity contribution < 1.29 is 10.2 Å². The fourth-order valence-electron chi connectivity index (χ4n) is 3.41. The van der Waals surface area contributed by atoms with Gasteiger partial charge in [-0.2, -0.15) is 0 Å². The summed E-state index contributed by atoms with van der Waals surface area (Å²) in [5.74, 6) is 2.73. The molecule has 4 unspecified atom stereocenters. The topological polar surface area (TPSA) is 40.5 Å². The molecule has 2 rings (SSSR count). The Balaban J connectivity index is 2.01. The largest absolute Gasteiger partial charge is 0.396 e.